The van der Waals surface area contributed by atoms with E-state index in [-0.39, 0.29) is 0 Å². The second-order valence-corrected chi connectivity index (χ2v) is 12.5. The van der Waals surface area contributed by atoms with Gasteiger partial charge in [-0.2, -0.15) is 4.63 Å². The highest BCUT2D eigenvalue weighted by Crippen LogP contribution is 2.43. The number of hydrogen-bond acceptors (Lipinski definition) is 5. The third kappa shape index (κ3) is 5.39. The maximum Gasteiger partial charge on any atom is 0.184 e. The molecule has 246 valence electrons. The Morgan fingerprint density at radius 3 is 1.80 bits per heavy atom. The normalized spacial score (nSPS) is 11.7. The Hall–Kier alpha value is -6.15. The molecule has 3 aromatic heterocycles. The molecule has 0 amide bonds. The first-order valence-electron chi connectivity index (χ1n) is 17.3. The van der Waals surface area contributed by atoms with Gasteiger partial charge in [-0.3, -0.25) is 4.68 Å². The Bertz CT molecular complexity index is 2240. The number of hydrogen-bond donors (Lipinski definition) is 0. The topological polar surface area (TPSA) is 78.7 Å². The minimum atomic E-state index is -0.836. The van der Waals surface area contributed by atoms with Crippen LogP contribution in [0, 0.1) is 0 Å². The second kappa shape index (κ2) is 13.4. The first-order valence-corrected chi connectivity index (χ1v) is 17.3. The molecule has 0 radical (unpaired) electrons. The fourth-order valence-electron chi connectivity index (χ4n) is 7.13. The van der Waals surface area contributed by atoms with Crippen LogP contribution in [0.3, 0.4) is 0 Å². The molecule has 0 spiro atoms. The molecular formula is C42H38N8. The van der Waals surface area contributed by atoms with Crippen molar-refractivity contribution in [3.8, 4) is 22.5 Å². The number of fused-ring (bicyclic) bond motifs is 1. The van der Waals surface area contributed by atoms with E-state index < -0.39 is 5.54 Å². The van der Waals surface area contributed by atoms with E-state index in [1.54, 1.807) is 0 Å². The monoisotopic (exact) mass is 654 g/mol. The van der Waals surface area contributed by atoms with Crippen molar-refractivity contribution in [1.29, 1.82) is 0 Å². The molecule has 0 unspecified atom stereocenters. The lowest BCUT2D eigenvalue weighted by Crippen LogP contribution is -2.39. The third-order valence-electron chi connectivity index (χ3n) is 9.46. The van der Waals surface area contributed by atoms with Crippen LogP contribution in [-0.2, 0) is 24.9 Å². The second-order valence-electron chi connectivity index (χ2n) is 12.5. The van der Waals surface area contributed by atoms with Gasteiger partial charge in [0.1, 0.15) is 5.54 Å². The molecule has 0 fully saturated rings. The lowest BCUT2D eigenvalue weighted by atomic mass is 9.77. The van der Waals surface area contributed by atoms with E-state index in [4.69, 9.17) is 20.4 Å². The first kappa shape index (κ1) is 31.1. The number of aryl methyl sites for hydroxylation is 2. The molecule has 0 N–H and O–H groups in total. The van der Waals surface area contributed by atoms with Crippen LogP contribution in [0.25, 0.3) is 28.2 Å². The van der Waals surface area contributed by atoms with Gasteiger partial charge in [-0.05, 0) is 50.2 Å². The molecule has 8 rings (SSSR count). The van der Waals surface area contributed by atoms with Crippen LogP contribution in [0.2, 0.25) is 0 Å². The Morgan fingerprint density at radius 2 is 1.22 bits per heavy atom. The average molecular weight is 655 g/mol. The number of nitrogens with zero attached hydrogens (tertiary/aromatic N) is 8. The van der Waals surface area contributed by atoms with Gasteiger partial charge in [-0.15, -0.1) is 10.2 Å². The Morgan fingerprint density at radius 1 is 0.640 bits per heavy atom. The number of tetrazole rings is 1. The van der Waals surface area contributed by atoms with Crippen molar-refractivity contribution in [1.82, 2.24) is 39.6 Å². The summed E-state index contributed by atoms with van der Waals surface area (Å²) >= 11 is 0. The lowest BCUT2D eigenvalue weighted by molar-refractivity contribution is 0.451. The summed E-state index contributed by atoms with van der Waals surface area (Å²) in [7, 11) is 0. The van der Waals surface area contributed by atoms with Crippen LogP contribution in [0.1, 0.15) is 54.0 Å². The number of rotatable bonds is 11. The van der Waals surface area contributed by atoms with Crippen molar-refractivity contribution in [2.75, 3.05) is 0 Å². The zero-order chi connectivity index (χ0) is 33.9. The van der Waals surface area contributed by atoms with E-state index in [1.165, 1.54) is 11.3 Å². The van der Waals surface area contributed by atoms with Crippen molar-refractivity contribution in [3.05, 3.63) is 179 Å². The van der Waals surface area contributed by atoms with Crippen LogP contribution < -0.4 is 0 Å². The summed E-state index contributed by atoms with van der Waals surface area (Å²) in [5.41, 5.74) is 8.78. The smallest absolute Gasteiger partial charge is 0.184 e. The minimum absolute atomic E-state index is 0.679. The standard InChI is InChI=1S/C42H38N8/c1-3-16-36-29-40-43-39(4-2)45-50(40)48(36)30-31-25-27-32(28-26-31)37-23-14-15-24-38(37)41-44-46-47-49(41)42(33-17-8-5-9-18-33,34-19-10-6-11-20-34)35-21-12-7-13-22-35/h5-15,17-29H,3-4,16,30H2,1-2H3. The average Bonchev–Trinajstić information content (AvgIpc) is 3.90. The third-order valence-corrected chi connectivity index (χ3v) is 9.46. The Kier molecular flexibility index (Phi) is 8.34. The molecule has 8 heteroatoms. The Balaban J connectivity index is 1.23. The summed E-state index contributed by atoms with van der Waals surface area (Å²) in [5, 5.41) is 18.6. The van der Waals surface area contributed by atoms with Crippen molar-refractivity contribution in [2.24, 2.45) is 0 Å². The molecule has 0 atom stereocenters. The predicted molar refractivity (Wildman–Crippen MR) is 197 cm³/mol. The van der Waals surface area contributed by atoms with Gasteiger partial charge >= 0.3 is 0 Å². The minimum Gasteiger partial charge on any atom is -0.263 e. The van der Waals surface area contributed by atoms with Crippen molar-refractivity contribution in [2.45, 2.75) is 45.2 Å². The summed E-state index contributed by atoms with van der Waals surface area (Å²) in [4.78, 5) is 4.72. The van der Waals surface area contributed by atoms with E-state index in [9.17, 15) is 0 Å². The molecule has 0 saturated carbocycles. The van der Waals surface area contributed by atoms with Crippen LogP contribution in [0.5, 0.6) is 0 Å². The molecule has 50 heavy (non-hydrogen) atoms. The molecule has 0 saturated heterocycles. The molecule has 8 aromatic rings. The largest absolute Gasteiger partial charge is 0.263 e. The summed E-state index contributed by atoms with van der Waals surface area (Å²) in [6, 6.07) is 50.9. The van der Waals surface area contributed by atoms with Gasteiger partial charge in [-0.25, -0.2) is 9.67 Å². The van der Waals surface area contributed by atoms with Crippen LogP contribution in [0.15, 0.2) is 146 Å². The zero-order valence-corrected chi connectivity index (χ0v) is 28.3. The molecule has 0 aliphatic rings. The van der Waals surface area contributed by atoms with Crippen molar-refractivity contribution < 1.29 is 0 Å². The maximum atomic E-state index is 4.78. The van der Waals surface area contributed by atoms with Gasteiger partial charge in [0.25, 0.3) is 0 Å². The highest BCUT2D eigenvalue weighted by atomic mass is 15.6. The van der Waals surface area contributed by atoms with E-state index in [2.05, 4.69) is 151 Å². The summed E-state index contributed by atoms with van der Waals surface area (Å²) < 4.78 is 6.21. The van der Waals surface area contributed by atoms with Gasteiger partial charge < -0.3 is 0 Å². The molecule has 8 nitrogen and oxygen atoms in total. The van der Waals surface area contributed by atoms with E-state index in [0.29, 0.717) is 12.4 Å². The van der Waals surface area contributed by atoms with Crippen molar-refractivity contribution in [3.63, 3.8) is 0 Å². The Labute approximate surface area is 291 Å². The first-order chi connectivity index (χ1) is 24.7. The molecule has 0 aliphatic heterocycles. The van der Waals surface area contributed by atoms with E-state index in [0.717, 1.165) is 64.1 Å². The molecular weight excluding hydrogens is 617 g/mol. The zero-order valence-electron chi connectivity index (χ0n) is 28.3. The number of benzene rings is 5. The molecule has 3 heterocycles. The molecule has 0 bridgehead atoms. The maximum absolute atomic E-state index is 4.78. The van der Waals surface area contributed by atoms with Gasteiger partial charge in [0, 0.05) is 23.7 Å². The summed E-state index contributed by atoms with van der Waals surface area (Å²) in [5.74, 6) is 1.54. The van der Waals surface area contributed by atoms with Crippen molar-refractivity contribution >= 4 is 5.65 Å². The van der Waals surface area contributed by atoms with Crippen LogP contribution in [0.4, 0.5) is 0 Å². The summed E-state index contributed by atoms with van der Waals surface area (Å²) in [6.07, 6.45) is 2.84. The highest BCUT2D eigenvalue weighted by Gasteiger charge is 2.42. The number of aromatic nitrogens is 8. The fraction of sp³-hybridized carbons (Fsp3) is 0.167. The van der Waals surface area contributed by atoms with Gasteiger partial charge in [-0.1, -0.05) is 160 Å². The molecule has 5 aromatic carbocycles. The highest BCUT2D eigenvalue weighted by molar-refractivity contribution is 5.81. The quantitative estimate of drug-likeness (QED) is 0.131. The van der Waals surface area contributed by atoms with E-state index in [1.807, 2.05) is 27.5 Å². The van der Waals surface area contributed by atoms with Crippen LogP contribution in [-0.4, -0.2) is 39.6 Å². The van der Waals surface area contributed by atoms with E-state index >= 15 is 0 Å². The predicted octanol–water partition coefficient (Wildman–Crippen LogP) is 8.25. The SMILES string of the molecule is CCCc1cc2nc(CC)nn2n1Cc1ccc(-c2ccccc2-c2nnnn2C(c2ccccc2)(c2ccccc2)c2ccccc2)cc1. The van der Waals surface area contributed by atoms with Gasteiger partial charge in [0.15, 0.2) is 17.3 Å². The summed E-state index contributed by atoms with van der Waals surface area (Å²) in [6.45, 7) is 5.00. The van der Waals surface area contributed by atoms with Gasteiger partial charge in [0.2, 0.25) is 0 Å². The van der Waals surface area contributed by atoms with Crippen LogP contribution >= 0.6 is 0 Å². The molecule has 0 aliphatic carbocycles. The lowest BCUT2D eigenvalue weighted by Gasteiger charge is -2.36. The van der Waals surface area contributed by atoms with Gasteiger partial charge in [0.05, 0.1) is 6.54 Å². The fourth-order valence-corrected chi connectivity index (χ4v) is 7.13.